The molecule has 0 aliphatic heterocycles. The number of benzene rings is 1. The Hall–Kier alpha value is -1.62. The molecular weight excluding hydrogens is 280 g/mol. The molecule has 1 N–H and O–H groups in total. The number of hydrogen-bond acceptors (Lipinski definition) is 3. The zero-order chi connectivity index (χ0) is 14.9. The predicted molar refractivity (Wildman–Crippen MR) is 76.9 cm³/mol. The smallest absolute Gasteiger partial charge is 0.288 e. The Morgan fingerprint density at radius 1 is 1.40 bits per heavy atom. The van der Waals surface area contributed by atoms with Crippen LogP contribution < -0.4 is 5.32 Å². The van der Waals surface area contributed by atoms with E-state index in [4.69, 9.17) is 11.6 Å². The maximum absolute atomic E-state index is 12.2. The SMILES string of the molecule is CC1CCC(NC(=O)c2ccc(Cl)c([N+](=O)[O-])c2)C1C. The molecule has 0 heterocycles. The van der Waals surface area contributed by atoms with Crippen molar-refractivity contribution in [2.24, 2.45) is 11.8 Å². The Kier molecular flexibility index (Phi) is 4.28. The average molecular weight is 297 g/mol. The molecular formula is C14H17ClN2O3. The summed E-state index contributed by atoms with van der Waals surface area (Å²) in [4.78, 5) is 22.4. The zero-order valence-corrected chi connectivity index (χ0v) is 12.2. The highest BCUT2D eigenvalue weighted by atomic mass is 35.5. The van der Waals surface area contributed by atoms with E-state index in [9.17, 15) is 14.9 Å². The van der Waals surface area contributed by atoms with Gasteiger partial charge in [0.05, 0.1) is 4.92 Å². The average Bonchev–Trinajstić information content (AvgIpc) is 2.71. The lowest BCUT2D eigenvalue weighted by atomic mass is 9.97. The molecule has 1 fully saturated rings. The monoisotopic (exact) mass is 296 g/mol. The minimum atomic E-state index is -0.584. The molecule has 0 aromatic heterocycles. The quantitative estimate of drug-likeness (QED) is 0.686. The molecule has 1 aliphatic rings. The van der Waals surface area contributed by atoms with E-state index in [-0.39, 0.29) is 28.2 Å². The van der Waals surface area contributed by atoms with Crippen molar-refractivity contribution >= 4 is 23.2 Å². The number of nitrogens with zero attached hydrogens (tertiary/aromatic N) is 1. The van der Waals surface area contributed by atoms with Gasteiger partial charge in [0, 0.05) is 17.7 Å². The summed E-state index contributed by atoms with van der Waals surface area (Å²) in [6.45, 7) is 4.29. The number of hydrogen-bond donors (Lipinski definition) is 1. The highest BCUT2D eigenvalue weighted by Crippen LogP contribution is 2.31. The topological polar surface area (TPSA) is 72.2 Å². The number of nitro benzene ring substituents is 1. The molecule has 0 spiro atoms. The van der Waals surface area contributed by atoms with Crippen LogP contribution in [0.25, 0.3) is 0 Å². The van der Waals surface area contributed by atoms with Crippen LogP contribution in [0.5, 0.6) is 0 Å². The van der Waals surface area contributed by atoms with E-state index in [0.29, 0.717) is 11.8 Å². The summed E-state index contributed by atoms with van der Waals surface area (Å²) >= 11 is 5.74. The Bertz CT molecular complexity index is 547. The fraction of sp³-hybridized carbons (Fsp3) is 0.500. The molecule has 0 saturated heterocycles. The second kappa shape index (κ2) is 5.79. The normalized spacial score (nSPS) is 25.4. The van der Waals surface area contributed by atoms with Crippen molar-refractivity contribution in [1.29, 1.82) is 0 Å². The van der Waals surface area contributed by atoms with Gasteiger partial charge in [0.25, 0.3) is 11.6 Å². The predicted octanol–water partition coefficient (Wildman–Crippen LogP) is 3.41. The van der Waals surface area contributed by atoms with Gasteiger partial charge in [-0.2, -0.15) is 0 Å². The third-order valence-electron chi connectivity index (χ3n) is 4.19. The van der Waals surface area contributed by atoms with Gasteiger partial charge in [-0.05, 0) is 36.8 Å². The first-order valence-corrected chi connectivity index (χ1v) is 7.02. The van der Waals surface area contributed by atoms with Gasteiger partial charge in [-0.25, -0.2) is 0 Å². The third kappa shape index (κ3) is 2.93. The van der Waals surface area contributed by atoms with Gasteiger partial charge >= 0.3 is 0 Å². The van der Waals surface area contributed by atoms with Gasteiger partial charge < -0.3 is 5.32 Å². The molecule has 0 bridgehead atoms. The van der Waals surface area contributed by atoms with Crippen LogP contribution in [0, 0.1) is 22.0 Å². The molecule has 1 aromatic carbocycles. The van der Waals surface area contributed by atoms with Gasteiger partial charge in [-0.15, -0.1) is 0 Å². The van der Waals surface area contributed by atoms with E-state index in [1.807, 2.05) is 0 Å². The maximum atomic E-state index is 12.2. The van der Waals surface area contributed by atoms with Crippen LogP contribution in [0.3, 0.4) is 0 Å². The van der Waals surface area contributed by atoms with Gasteiger partial charge in [0.15, 0.2) is 0 Å². The summed E-state index contributed by atoms with van der Waals surface area (Å²) in [5.41, 5.74) is 0.0278. The Morgan fingerprint density at radius 2 is 2.10 bits per heavy atom. The first-order chi connectivity index (χ1) is 9.40. The first-order valence-electron chi connectivity index (χ1n) is 6.65. The molecule has 6 heteroatoms. The number of nitrogens with one attached hydrogen (secondary N) is 1. The second-order valence-corrected chi connectivity index (χ2v) is 5.82. The minimum Gasteiger partial charge on any atom is -0.349 e. The number of halogens is 1. The lowest BCUT2D eigenvalue weighted by Crippen LogP contribution is -2.37. The van der Waals surface area contributed by atoms with Crippen molar-refractivity contribution in [3.8, 4) is 0 Å². The van der Waals surface area contributed by atoms with Crippen molar-refractivity contribution < 1.29 is 9.72 Å². The summed E-state index contributed by atoms with van der Waals surface area (Å²) in [5, 5.41) is 13.8. The number of nitro groups is 1. The van der Waals surface area contributed by atoms with Crippen molar-refractivity contribution in [2.75, 3.05) is 0 Å². The fourth-order valence-corrected chi connectivity index (χ4v) is 2.80. The van der Waals surface area contributed by atoms with Crippen LogP contribution in [0.15, 0.2) is 18.2 Å². The summed E-state index contributed by atoms with van der Waals surface area (Å²) in [6.07, 6.45) is 2.04. The standard InChI is InChI=1S/C14H17ClN2O3/c1-8-3-6-12(9(8)2)16-14(18)10-4-5-11(15)13(7-10)17(19)20/h4-5,7-9,12H,3,6H2,1-2H3,(H,16,18). The summed E-state index contributed by atoms with van der Waals surface area (Å²) < 4.78 is 0. The lowest BCUT2D eigenvalue weighted by Gasteiger charge is -2.19. The molecule has 20 heavy (non-hydrogen) atoms. The summed E-state index contributed by atoms with van der Waals surface area (Å²) in [7, 11) is 0. The van der Waals surface area contributed by atoms with Crippen LogP contribution in [0.4, 0.5) is 5.69 Å². The lowest BCUT2D eigenvalue weighted by molar-refractivity contribution is -0.384. The highest BCUT2D eigenvalue weighted by molar-refractivity contribution is 6.32. The van der Waals surface area contributed by atoms with Crippen LogP contribution in [0.1, 0.15) is 37.0 Å². The van der Waals surface area contributed by atoms with Crippen LogP contribution in [-0.4, -0.2) is 16.9 Å². The highest BCUT2D eigenvalue weighted by Gasteiger charge is 2.31. The van der Waals surface area contributed by atoms with E-state index in [0.717, 1.165) is 12.8 Å². The van der Waals surface area contributed by atoms with Gasteiger partial charge in [0.1, 0.15) is 5.02 Å². The Balaban J connectivity index is 2.14. The zero-order valence-electron chi connectivity index (χ0n) is 11.4. The van der Waals surface area contributed by atoms with E-state index in [2.05, 4.69) is 19.2 Å². The molecule has 1 aromatic rings. The molecule has 3 unspecified atom stereocenters. The van der Waals surface area contributed by atoms with Crippen LogP contribution >= 0.6 is 11.6 Å². The number of rotatable bonds is 3. The fourth-order valence-electron chi connectivity index (χ4n) is 2.61. The van der Waals surface area contributed by atoms with Crippen LogP contribution in [-0.2, 0) is 0 Å². The van der Waals surface area contributed by atoms with Crippen molar-refractivity contribution in [3.63, 3.8) is 0 Å². The molecule has 3 atom stereocenters. The molecule has 0 radical (unpaired) electrons. The summed E-state index contributed by atoms with van der Waals surface area (Å²) in [5.74, 6) is 0.719. The molecule has 1 saturated carbocycles. The van der Waals surface area contributed by atoms with Crippen molar-refractivity contribution in [3.05, 3.63) is 38.9 Å². The molecule has 1 amide bonds. The van der Waals surface area contributed by atoms with Gasteiger partial charge in [0.2, 0.25) is 0 Å². The Morgan fingerprint density at radius 3 is 2.65 bits per heavy atom. The number of carbonyl (C=O) groups excluding carboxylic acids is 1. The maximum Gasteiger partial charge on any atom is 0.288 e. The molecule has 108 valence electrons. The van der Waals surface area contributed by atoms with Crippen molar-refractivity contribution in [2.45, 2.75) is 32.7 Å². The van der Waals surface area contributed by atoms with E-state index < -0.39 is 4.92 Å². The Labute approximate surface area is 122 Å². The largest absolute Gasteiger partial charge is 0.349 e. The van der Waals surface area contributed by atoms with E-state index in [1.165, 1.54) is 18.2 Å². The number of carbonyl (C=O) groups is 1. The molecule has 2 rings (SSSR count). The third-order valence-corrected chi connectivity index (χ3v) is 4.51. The van der Waals surface area contributed by atoms with Crippen LogP contribution in [0.2, 0.25) is 5.02 Å². The van der Waals surface area contributed by atoms with Gasteiger partial charge in [-0.1, -0.05) is 25.4 Å². The van der Waals surface area contributed by atoms with Gasteiger partial charge in [-0.3, -0.25) is 14.9 Å². The second-order valence-electron chi connectivity index (χ2n) is 5.42. The number of amides is 1. The molecule has 5 nitrogen and oxygen atoms in total. The minimum absolute atomic E-state index is 0.0365. The van der Waals surface area contributed by atoms with E-state index >= 15 is 0 Å². The van der Waals surface area contributed by atoms with E-state index in [1.54, 1.807) is 0 Å². The molecule has 1 aliphatic carbocycles. The van der Waals surface area contributed by atoms with Crippen molar-refractivity contribution in [1.82, 2.24) is 5.32 Å². The first kappa shape index (κ1) is 14.8. The summed E-state index contributed by atoms with van der Waals surface area (Å²) in [6, 6.07) is 4.25.